The summed E-state index contributed by atoms with van der Waals surface area (Å²) >= 11 is 0. The zero-order valence-electron chi connectivity index (χ0n) is 24.1. The number of ether oxygens (including phenoxy) is 5. The fourth-order valence-corrected chi connectivity index (χ4v) is 9.00. The van der Waals surface area contributed by atoms with E-state index < -0.39 is 58.5 Å². The van der Waals surface area contributed by atoms with Gasteiger partial charge in [0.15, 0.2) is 5.78 Å². The van der Waals surface area contributed by atoms with Crippen molar-refractivity contribution in [3.8, 4) is 0 Å². The Hall–Kier alpha value is -2.52. The fourth-order valence-electron chi connectivity index (χ4n) is 9.00. The van der Waals surface area contributed by atoms with E-state index in [9.17, 15) is 19.2 Å². The van der Waals surface area contributed by atoms with Crippen molar-refractivity contribution in [3.63, 3.8) is 0 Å². The molecule has 39 heavy (non-hydrogen) atoms. The van der Waals surface area contributed by atoms with Gasteiger partial charge in [0.2, 0.25) is 0 Å². The molecule has 0 N–H and O–H groups in total. The highest BCUT2D eigenvalue weighted by Gasteiger charge is 2.78. The van der Waals surface area contributed by atoms with Crippen molar-refractivity contribution in [2.75, 3.05) is 13.7 Å². The first-order valence-corrected chi connectivity index (χ1v) is 13.8. The number of hydrogen-bond donors (Lipinski definition) is 0. The number of ketones is 1. The third-order valence-corrected chi connectivity index (χ3v) is 10.8. The predicted molar refractivity (Wildman–Crippen MR) is 138 cm³/mol. The highest BCUT2D eigenvalue weighted by molar-refractivity contribution is 5.99. The highest BCUT2D eigenvalue weighted by Crippen LogP contribution is 2.73. The molecule has 0 radical (unpaired) electrons. The SMILES string of the molecule is C/C=C(/C)C(=O)O[C@H]1C[C@@H](OC(C)=O)[C@@]2(C)CO[C@H]3[C@H]4O[C@@H]5CC(=O)C(C)=C5[C@@]4(C)[C@H](CC(=O)OC)[C@]1(C)[C@@H]32. The molecule has 4 fully saturated rings. The van der Waals surface area contributed by atoms with Gasteiger partial charge >= 0.3 is 17.9 Å². The van der Waals surface area contributed by atoms with Crippen molar-refractivity contribution in [2.24, 2.45) is 28.1 Å². The molecule has 9 nitrogen and oxygen atoms in total. The number of fused-ring (bicyclic) bond motifs is 4. The maximum atomic E-state index is 13.2. The minimum Gasteiger partial charge on any atom is -0.469 e. The number of carbonyl (C=O) groups excluding carboxylic acids is 4. The monoisotopic (exact) mass is 544 g/mol. The van der Waals surface area contributed by atoms with Crippen molar-refractivity contribution in [2.45, 2.75) is 98.2 Å². The lowest BCUT2D eigenvalue weighted by atomic mass is 9.40. The summed E-state index contributed by atoms with van der Waals surface area (Å²) < 4.78 is 30.6. The van der Waals surface area contributed by atoms with Gasteiger partial charge in [0.05, 0.1) is 32.0 Å². The predicted octanol–water partition coefficient (Wildman–Crippen LogP) is 3.48. The second kappa shape index (κ2) is 9.26. The molecule has 0 bridgehead atoms. The smallest absolute Gasteiger partial charge is 0.333 e. The number of esters is 3. The summed E-state index contributed by atoms with van der Waals surface area (Å²) in [7, 11) is 1.36. The molecule has 0 spiro atoms. The second-order valence-electron chi connectivity index (χ2n) is 12.7. The Morgan fingerprint density at radius 1 is 1.10 bits per heavy atom. The molecule has 10 atom stereocenters. The van der Waals surface area contributed by atoms with E-state index in [1.54, 1.807) is 19.9 Å². The van der Waals surface area contributed by atoms with Gasteiger partial charge in [0.1, 0.15) is 12.2 Å². The van der Waals surface area contributed by atoms with Crippen LogP contribution >= 0.6 is 0 Å². The van der Waals surface area contributed by atoms with Crippen LogP contribution in [0.2, 0.25) is 0 Å². The standard InChI is InChI=1S/C30H40O9/c1-9-14(2)27(34)39-21-12-20(37-16(4)31)28(5)13-36-24-25(28)29(21,6)19(11-22(33)35-8)30(7)23-15(3)17(32)10-18(23)38-26(24)30/h9,18-21,24-26H,10-13H2,1-8H3/b14-9-/t18-,19-,20-,21+,24-,25+,26-,28-,29+,30-/m1/s1. The van der Waals surface area contributed by atoms with Gasteiger partial charge in [-0.1, -0.05) is 26.8 Å². The average Bonchev–Trinajstić information content (AvgIpc) is 3.49. The lowest BCUT2D eigenvalue weighted by Gasteiger charge is -2.65. The number of hydrogen-bond acceptors (Lipinski definition) is 9. The van der Waals surface area contributed by atoms with Crippen LogP contribution in [0.3, 0.4) is 0 Å². The highest BCUT2D eigenvalue weighted by atomic mass is 16.6. The van der Waals surface area contributed by atoms with Crippen LogP contribution in [0.15, 0.2) is 22.8 Å². The first-order valence-electron chi connectivity index (χ1n) is 13.8. The van der Waals surface area contributed by atoms with Crippen molar-refractivity contribution in [1.29, 1.82) is 0 Å². The first-order chi connectivity index (χ1) is 18.2. The number of Topliss-reactive ketones (excluding diaryl/α,β-unsaturated/α-hetero) is 1. The van der Waals surface area contributed by atoms with Gasteiger partial charge in [-0.15, -0.1) is 0 Å². The third kappa shape index (κ3) is 3.71. The number of methoxy groups -OCH3 is 1. The Bertz CT molecular complexity index is 1180. The molecule has 9 heteroatoms. The zero-order valence-corrected chi connectivity index (χ0v) is 24.1. The molecule has 2 saturated heterocycles. The topological polar surface area (TPSA) is 114 Å². The van der Waals surface area contributed by atoms with Gasteiger partial charge in [-0.25, -0.2) is 4.79 Å². The molecule has 0 aromatic rings. The summed E-state index contributed by atoms with van der Waals surface area (Å²) in [6.07, 6.45) is -0.218. The molecule has 0 amide bonds. The summed E-state index contributed by atoms with van der Waals surface area (Å²) in [4.78, 5) is 51.3. The maximum absolute atomic E-state index is 13.2. The van der Waals surface area contributed by atoms with Crippen LogP contribution in [0.5, 0.6) is 0 Å². The fraction of sp³-hybridized carbons (Fsp3) is 0.733. The van der Waals surface area contributed by atoms with E-state index in [-0.39, 0.29) is 43.0 Å². The molecule has 214 valence electrons. The summed E-state index contributed by atoms with van der Waals surface area (Å²) in [6.45, 7) is 13.2. The van der Waals surface area contributed by atoms with Gasteiger partial charge in [-0.2, -0.15) is 0 Å². The van der Waals surface area contributed by atoms with Crippen LogP contribution in [0.1, 0.15) is 67.7 Å². The molecule has 2 heterocycles. The van der Waals surface area contributed by atoms with E-state index in [0.29, 0.717) is 17.8 Å². The van der Waals surface area contributed by atoms with Crippen LogP contribution in [-0.2, 0) is 42.9 Å². The van der Waals surface area contributed by atoms with Gasteiger partial charge < -0.3 is 23.7 Å². The van der Waals surface area contributed by atoms with Crippen molar-refractivity contribution in [3.05, 3.63) is 22.8 Å². The molecule has 2 aliphatic heterocycles. The van der Waals surface area contributed by atoms with Crippen molar-refractivity contribution >= 4 is 23.7 Å². The summed E-state index contributed by atoms with van der Waals surface area (Å²) in [5.74, 6) is -1.90. The Balaban J connectivity index is 1.73. The summed E-state index contributed by atoms with van der Waals surface area (Å²) in [5.41, 5.74) is -0.101. The quantitative estimate of drug-likeness (QED) is 0.291. The normalized spacial score (nSPS) is 44.5. The molecular formula is C30H40O9. The molecule has 2 saturated carbocycles. The Morgan fingerprint density at radius 2 is 1.79 bits per heavy atom. The maximum Gasteiger partial charge on any atom is 0.333 e. The molecule has 0 unspecified atom stereocenters. The van der Waals surface area contributed by atoms with Crippen molar-refractivity contribution in [1.82, 2.24) is 0 Å². The second-order valence-corrected chi connectivity index (χ2v) is 12.7. The van der Waals surface area contributed by atoms with E-state index in [4.69, 9.17) is 23.7 Å². The van der Waals surface area contributed by atoms with E-state index in [0.717, 1.165) is 5.57 Å². The minimum atomic E-state index is -0.799. The van der Waals surface area contributed by atoms with Crippen LogP contribution in [0.25, 0.3) is 0 Å². The molecular weight excluding hydrogens is 504 g/mol. The summed E-state index contributed by atoms with van der Waals surface area (Å²) in [6, 6.07) is 0. The van der Waals surface area contributed by atoms with Crippen LogP contribution < -0.4 is 0 Å². The van der Waals surface area contributed by atoms with Gasteiger partial charge in [0.25, 0.3) is 0 Å². The van der Waals surface area contributed by atoms with E-state index in [2.05, 4.69) is 20.8 Å². The lowest BCUT2D eigenvalue weighted by Crippen LogP contribution is -2.71. The van der Waals surface area contributed by atoms with Crippen molar-refractivity contribution < 1.29 is 42.9 Å². The molecule has 5 aliphatic rings. The average molecular weight is 545 g/mol. The Labute approximate surface area is 229 Å². The summed E-state index contributed by atoms with van der Waals surface area (Å²) in [5, 5.41) is 0. The molecule has 5 rings (SSSR count). The zero-order chi connectivity index (χ0) is 28.7. The van der Waals surface area contributed by atoms with Gasteiger partial charge in [-0.05, 0) is 37.8 Å². The number of allylic oxidation sites excluding steroid dienone is 2. The molecule has 0 aromatic heterocycles. The molecule has 0 aromatic carbocycles. The first kappa shape index (κ1) is 28.0. The number of rotatable bonds is 5. The third-order valence-electron chi connectivity index (χ3n) is 10.8. The van der Waals surface area contributed by atoms with Gasteiger partial charge in [0, 0.05) is 53.9 Å². The molecule has 3 aliphatic carbocycles. The van der Waals surface area contributed by atoms with E-state index in [1.807, 2.05) is 6.92 Å². The van der Waals surface area contributed by atoms with Crippen LogP contribution in [0, 0.1) is 28.1 Å². The largest absolute Gasteiger partial charge is 0.469 e. The minimum absolute atomic E-state index is 0.0428. The van der Waals surface area contributed by atoms with Crippen LogP contribution in [-0.4, -0.2) is 67.9 Å². The Morgan fingerprint density at radius 3 is 2.41 bits per heavy atom. The lowest BCUT2D eigenvalue weighted by molar-refractivity contribution is -0.251. The van der Waals surface area contributed by atoms with E-state index >= 15 is 0 Å². The van der Waals surface area contributed by atoms with Gasteiger partial charge in [-0.3, -0.25) is 14.4 Å². The van der Waals surface area contributed by atoms with E-state index in [1.165, 1.54) is 14.0 Å². The number of carbonyl (C=O) groups is 4. The van der Waals surface area contributed by atoms with Crippen LogP contribution in [0.4, 0.5) is 0 Å². The Kier molecular flexibility index (Phi) is 6.66.